The zero-order chi connectivity index (χ0) is 16.8. The van der Waals surface area contributed by atoms with Gasteiger partial charge in [-0.1, -0.05) is 32.0 Å². The molecule has 0 aliphatic heterocycles. The van der Waals surface area contributed by atoms with Crippen molar-refractivity contribution in [2.24, 2.45) is 0 Å². The molecule has 120 valence electrons. The van der Waals surface area contributed by atoms with E-state index in [2.05, 4.69) is 10.3 Å². The lowest BCUT2D eigenvalue weighted by molar-refractivity contribution is -0.390. The van der Waals surface area contributed by atoms with Gasteiger partial charge in [-0.25, -0.2) is 0 Å². The minimum atomic E-state index is -0.651. The highest BCUT2D eigenvalue weighted by molar-refractivity contribution is 5.92. The van der Waals surface area contributed by atoms with E-state index in [0.717, 1.165) is 5.56 Å². The van der Waals surface area contributed by atoms with Gasteiger partial charge in [0.15, 0.2) is 6.61 Å². The molecule has 0 fully saturated rings. The van der Waals surface area contributed by atoms with Crippen LogP contribution < -0.4 is 10.1 Å². The maximum Gasteiger partial charge on any atom is 0.406 e. The van der Waals surface area contributed by atoms with Crippen molar-refractivity contribution >= 4 is 17.4 Å². The van der Waals surface area contributed by atoms with Gasteiger partial charge < -0.3 is 20.2 Å². The quantitative estimate of drug-likeness (QED) is 0.653. The van der Waals surface area contributed by atoms with Crippen molar-refractivity contribution in [1.82, 2.24) is 4.98 Å². The number of anilines is 1. The number of carbonyl (C=O) groups is 1. The molecule has 2 aromatic rings. The minimum Gasteiger partial charge on any atom is -0.476 e. The fourth-order valence-corrected chi connectivity index (χ4v) is 2.08. The second kappa shape index (κ2) is 7.35. The number of nitrogens with zero attached hydrogens (tertiary/aromatic N) is 2. The van der Waals surface area contributed by atoms with Gasteiger partial charge in [0, 0.05) is 5.69 Å². The first-order valence-electron chi connectivity index (χ1n) is 7.10. The molecule has 1 heterocycles. The Kier molecular flexibility index (Phi) is 5.24. The van der Waals surface area contributed by atoms with Gasteiger partial charge in [-0.05, 0) is 39.6 Å². The summed E-state index contributed by atoms with van der Waals surface area (Å²) in [4.78, 5) is 25.8. The van der Waals surface area contributed by atoms with Crippen LogP contribution in [-0.4, -0.2) is 22.4 Å². The number of hydrogen-bond donors (Lipinski definition) is 1. The van der Waals surface area contributed by atoms with Crippen molar-refractivity contribution in [3.05, 3.63) is 58.3 Å². The van der Waals surface area contributed by atoms with E-state index in [4.69, 9.17) is 4.74 Å². The molecule has 1 aromatic carbocycles. The number of hydrogen-bond acceptors (Lipinski definition) is 5. The number of pyridine rings is 1. The highest BCUT2D eigenvalue weighted by atomic mass is 16.6. The van der Waals surface area contributed by atoms with Gasteiger partial charge in [0.1, 0.15) is 6.20 Å². The van der Waals surface area contributed by atoms with Crippen LogP contribution in [0.1, 0.15) is 25.3 Å². The van der Waals surface area contributed by atoms with E-state index in [1.807, 2.05) is 32.0 Å². The van der Waals surface area contributed by atoms with Gasteiger partial charge in [-0.2, -0.15) is 0 Å². The predicted octanol–water partition coefficient (Wildman–Crippen LogP) is 3.13. The van der Waals surface area contributed by atoms with Crippen molar-refractivity contribution in [2.45, 2.75) is 19.8 Å². The molecule has 0 saturated carbocycles. The molecule has 7 heteroatoms. The number of nitro groups is 1. The molecule has 2 rings (SSSR count). The lowest BCUT2D eigenvalue weighted by Crippen LogP contribution is -2.21. The molecule has 0 bridgehead atoms. The topological polar surface area (TPSA) is 94.4 Å². The van der Waals surface area contributed by atoms with Crippen molar-refractivity contribution in [2.75, 3.05) is 11.9 Å². The van der Waals surface area contributed by atoms with Crippen LogP contribution in [0.2, 0.25) is 0 Å². The maximum absolute atomic E-state index is 12.0. The third-order valence-corrected chi connectivity index (χ3v) is 3.14. The summed E-state index contributed by atoms with van der Waals surface area (Å²) >= 11 is 0. The first-order valence-corrected chi connectivity index (χ1v) is 7.10. The Morgan fingerprint density at radius 2 is 2.04 bits per heavy atom. The molecule has 23 heavy (non-hydrogen) atoms. The van der Waals surface area contributed by atoms with Crippen LogP contribution in [0.25, 0.3) is 0 Å². The Morgan fingerprint density at radius 3 is 2.74 bits per heavy atom. The standard InChI is InChI=1S/C16H17N3O4/c1-11(2)12-6-3-4-7-13(12)18-15(20)10-23-14-8-5-9-17-16(14)19(21)22/h3-9,11H,10H2,1-2H3,(H,18,20). The smallest absolute Gasteiger partial charge is 0.406 e. The molecule has 1 N–H and O–H groups in total. The number of benzene rings is 1. The molecule has 1 aromatic heterocycles. The monoisotopic (exact) mass is 315 g/mol. The maximum atomic E-state index is 12.0. The van der Waals surface area contributed by atoms with Crippen molar-refractivity contribution in [3.8, 4) is 5.75 Å². The highest BCUT2D eigenvalue weighted by Gasteiger charge is 2.17. The molecule has 0 aliphatic rings. The summed E-state index contributed by atoms with van der Waals surface area (Å²) in [7, 11) is 0. The molecule has 0 unspecified atom stereocenters. The summed E-state index contributed by atoms with van der Waals surface area (Å²) in [6, 6.07) is 10.4. The van der Waals surface area contributed by atoms with E-state index < -0.39 is 16.6 Å². The van der Waals surface area contributed by atoms with Crippen molar-refractivity contribution in [3.63, 3.8) is 0 Å². The number of para-hydroxylation sites is 1. The Hall–Kier alpha value is -2.96. The third-order valence-electron chi connectivity index (χ3n) is 3.14. The van der Waals surface area contributed by atoms with E-state index in [1.54, 1.807) is 6.07 Å². The van der Waals surface area contributed by atoms with E-state index in [1.165, 1.54) is 18.3 Å². The summed E-state index contributed by atoms with van der Waals surface area (Å²) in [5.74, 6) is -0.587. The van der Waals surface area contributed by atoms with Crippen LogP contribution >= 0.6 is 0 Å². The normalized spacial score (nSPS) is 10.4. The molecule has 1 amide bonds. The van der Waals surface area contributed by atoms with E-state index >= 15 is 0 Å². The number of ether oxygens (including phenoxy) is 1. The van der Waals surface area contributed by atoms with Crippen LogP contribution in [0.15, 0.2) is 42.6 Å². The van der Waals surface area contributed by atoms with Gasteiger partial charge in [0.25, 0.3) is 5.91 Å². The summed E-state index contributed by atoms with van der Waals surface area (Å²) in [6.45, 7) is 3.72. The molecular weight excluding hydrogens is 298 g/mol. The number of nitrogens with one attached hydrogen (secondary N) is 1. The van der Waals surface area contributed by atoms with Crippen LogP contribution in [0.4, 0.5) is 11.5 Å². The van der Waals surface area contributed by atoms with Gasteiger partial charge in [-0.3, -0.25) is 4.79 Å². The second-order valence-corrected chi connectivity index (χ2v) is 5.16. The van der Waals surface area contributed by atoms with Crippen LogP contribution in [0.3, 0.4) is 0 Å². The summed E-state index contributed by atoms with van der Waals surface area (Å²) in [5.41, 5.74) is 1.71. The predicted molar refractivity (Wildman–Crippen MR) is 85.5 cm³/mol. The molecule has 0 aliphatic carbocycles. The lowest BCUT2D eigenvalue weighted by Gasteiger charge is -2.13. The SMILES string of the molecule is CC(C)c1ccccc1NC(=O)COc1cccnc1[N+](=O)[O-]. The van der Waals surface area contributed by atoms with Gasteiger partial charge >= 0.3 is 5.82 Å². The number of amides is 1. The number of carbonyl (C=O) groups excluding carboxylic acids is 1. The summed E-state index contributed by atoms with van der Waals surface area (Å²) in [5, 5.41) is 13.6. The summed E-state index contributed by atoms with van der Waals surface area (Å²) in [6.07, 6.45) is 1.30. The number of aromatic nitrogens is 1. The number of rotatable bonds is 6. The van der Waals surface area contributed by atoms with Crippen molar-refractivity contribution in [1.29, 1.82) is 0 Å². The molecule has 0 saturated heterocycles. The average molecular weight is 315 g/mol. The van der Waals surface area contributed by atoms with Gasteiger partial charge in [0.05, 0.1) is 0 Å². The van der Waals surface area contributed by atoms with Gasteiger partial charge in [0.2, 0.25) is 5.75 Å². The summed E-state index contributed by atoms with van der Waals surface area (Å²) < 4.78 is 5.22. The Bertz CT molecular complexity index is 716. The fourth-order valence-electron chi connectivity index (χ4n) is 2.08. The van der Waals surface area contributed by atoms with Gasteiger partial charge in [-0.15, -0.1) is 0 Å². The second-order valence-electron chi connectivity index (χ2n) is 5.16. The average Bonchev–Trinajstić information content (AvgIpc) is 2.53. The third kappa shape index (κ3) is 4.26. The minimum absolute atomic E-state index is 0.0372. The van der Waals surface area contributed by atoms with E-state index in [0.29, 0.717) is 5.69 Å². The fraction of sp³-hybridized carbons (Fsp3) is 0.250. The molecule has 7 nitrogen and oxygen atoms in total. The zero-order valence-corrected chi connectivity index (χ0v) is 12.9. The van der Waals surface area contributed by atoms with Crippen LogP contribution in [0.5, 0.6) is 5.75 Å². The lowest BCUT2D eigenvalue weighted by atomic mass is 10.0. The van der Waals surface area contributed by atoms with E-state index in [-0.39, 0.29) is 18.3 Å². The van der Waals surface area contributed by atoms with E-state index in [9.17, 15) is 14.9 Å². The zero-order valence-electron chi connectivity index (χ0n) is 12.9. The molecular formula is C16H17N3O4. The molecule has 0 atom stereocenters. The highest BCUT2D eigenvalue weighted by Crippen LogP contribution is 2.24. The Morgan fingerprint density at radius 1 is 1.30 bits per heavy atom. The Labute approximate surface area is 133 Å². The van der Waals surface area contributed by atoms with Crippen LogP contribution in [-0.2, 0) is 4.79 Å². The molecule has 0 spiro atoms. The Balaban J connectivity index is 2.03. The first-order chi connectivity index (χ1) is 11.0. The molecule has 0 radical (unpaired) electrons. The largest absolute Gasteiger partial charge is 0.476 e. The van der Waals surface area contributed by atoms with Crippen molar-refractivity contribution < 1.29 is 14.5 Å². The van der Waals surface area contributed by atoms with Crippen LogP contribution in [0, 0.1) is 10.1 Å². The first kappa shape index (κ1) is 16.4.